The van der Waals surface area contributed by atoms with Gasteiger partial charge in [0.1, 0.15) is 0 Å². The molecule has 1 atom stereocenters. The van der Waals surface area contributed by atoms with Gasteiger partial charge in [0, 0.05) is 24.0 Å². The summed E-state index contributed by atoms with van der Waals surface area (Å²) in [6.45, 7) is 5.77. The molecule has 0 radical (unpaired) electrons. The van der Waals surface area contributed by atoms with Crippen LogP contribution in [0.5, 0.6) is 0 Å². The number of thiazole rings is 1. The number of hydrogen-bond donors (Lipinski definition) is 3. The molecule has 0 aromatic carbocycles. The summed E-state index contributed by atoms with van der Waals surface area (Å²) in [6.07, 6.45) is 1.68. The fourth-order valence-corrected chi connectivity index (χ4v) is 3.39. The van der Waals surface area contributed by atoms with E-state index in [1.807, 2.05) is 18.7 Å². The van der Waals surface area contributed by atoms with E-state index in [-0.39, 0.29) is 11.9 Å². The lowest BCUT2D eigenvalue weighted by molar-refractivity contribution is -0.117. The van der Waals surface area contributed by atoms with Crippen molar-refractivity contribution in [3.8, 4) is 0 Å². The normalized spacial score (nSPS) is 18.7. The molecule has 2 rings (SSSR count). The fourth-order valence-electron chi connectivity index (χ4n) is 2.47. The van der Waals surface area contributed by atoms with Gasteiger partial charge in [0.15, 0.2) is 5.13 Å². The monoisotopic (exact) mass is 311 g/mol. The van der Waals surface area contributed by atoms with E-state index in [0.29, 0.717) is 18.2 Å². The van der Waals surface area contributed by atoms with Crippen molar-refractivity contribution < 1.29 is 9.59 Å². The molecule has 21 heavy (non-hydrogen) atoms. The Kier molecular flexibility index (Phi) is 5.13. The maximum atomic E-state index is 12.0. The molecule has 2 heterocycles. The number of amides is 3. The van der Waals surface area contributed by atoms with Crippen LogP contribution in [-0.4, -0.2) is 47.5 Å². The highest BCUT2D eigenvalue weighted by molar-refractivity contribution is 7.15. The zero-order valence-electron chi connectivity index (χ0n) is 12.3. The first-order valence-electron chi connectivity index (χ1n) is 7.02. The number of carbonyl (C=O) groups excluding carboxylic acids is 2. The second-order valence-corrected chi connectivity index (χ2v) is 6.36. The Hall–Kier alpha value is -1.67. The molecule has 1 aliphatic rings. The van der Waals surface area contributed by atoms with Crippen molar-refractivity contribution in [2.24, 2.45) is 5.73 Å². The van der Waals surface area contributed by atoms with Crippen molar-refractivity contribution in [2.75, 3.05) is 25.0 Å². The van der Waals surface area contributed by atoms with Gasteiger partial charge in [-0.1, -0.05) is 6.92 Å². The number of aromatic nitrogens is 1. The number of likely N-dealkylation sites (tertiary alicyclic amines) is 1. The van der Waals surface area contributed by atoms with Crippen LogP contribution in [0.3, 0.4) is 0 Å². The minimum Gasteiger partial charge on any atom is -0.352 e. The van der Waals surface area contributed by atoms with Gasteiger partial charge in [-0.3, -0.25) is 9.69 Å². The van der Waals surface area contributed by atoms with Crippen molar-refractivity contribution in [1.82, 2.24) is 15.2 Å². The van der Waals surface area contributed by atoms with E-state index >= 15 is 0 Å². The lowest BCUT2D eigenvalue weighted by Crippen LogP contribution is -2.41. The van der Waals surface area contributed by atoms with Gasteiger partial charge < -0.3 is 16.4 Å². The Morgan fingerprint density at radius 1 is 1.52 bits per heavy atom. The van der Waals surface area contributed by atoms with Crippen molar-refractivity contribution in [3.63, 3.8) is 0 Å². The molecule has 0 aliphatic carbocycles. The molecular formula is C13H21N5O2S. The molecular weight excluding hydrogens is 290 g/mol. The summed E-state index contributed by atoms with van der Waals surface area (Å²) >= 11 is 1.50. The van der Waals surface area contributed by atoms with Crippen molar-refractivity contribution in [1.29, 1.82) is 0 Å². The summed E-state index contributed by atoms with van der Waals surface area (Å²) in [4.78, 5) is 30.3. The predicted molar refractivity (Wildman–Crippen MR) is 82.4 cm³/mol. The molecule has 116 valence electrons. The first-order chi connectivity index (χ1) is 9.97. The van der Waals surface area contributed by atoms with Crippen LogP contribution in [0.1, 0.15) is 23.9 Å². The Balaban J connectivity index is 1.81. The number of aryl methyl sites for hydroxylation is 2. The van der Waals surface area contributed by atoms with Crippen LogP contribution >= 0.6 is 11.3 Å². The first-order valence-corrected chi connectivity index (χ1v) is 7.84. The van der Waals surface area contributed by atoms with Crippen LogP contribution in [0.15, 0.2) is 0 Å². The summed E-state index contributed by atoms with van der Waals surface area (Å²) < 4.78 is 0. The molecule has 8 heteroatoms. The summed E-state index contributed by atoms with van der Waals surface area (Å²) in [5, 5.41) is 6.16. The maximum Gasteiger partial charge on any atom is 0.312 e. The standard InChI is InChI=1S/C13H21N5O2S/c1-3-10-8(2)21-13(16-10)17-11(19)7-18-5-4-9(6-18)15-12(14)20/h9H,3-7H2,1-2H3,(H3,14,15,20)(H,16,17,19)/t9-/m1/s1. The zero-order valence-corrected chi connectivity index (χ0v) is 13.1. The number of nitrogens with one attached hydrogen (secondary N) is 2. The lowest BCUT2D eigenvalue weighted by atomic mass is 10.3. The van der Waals surface area contributed by atoms with Crippen LogP contribution in [0.4, 0.5) is 9.93 Å². The molecule has 0 bridgehead atoms. The number of anilines is 1. The molecule has 4 N–H and O–H groups in total. The summed E-state index contributed by atoms with van der Waals surface area (Å²) in [7, 11) is 0. The summed E-state index contributed by atoms with van der Waals surface area (Å²) in [6, 6.07) is -0.485. The maximum absolute atomic E-state index is 12.0. The SMILES string of the molecule is CCc1nc(NC(=O)CN2CC[C@@H](NC(N)=O)C2)sc1C. The average molecular weight is 311 g/mol. The Bertz CT molecular complexity index is 531. The van der Waals surface area contributed by atoms with Gasteiger partial charge in [-0.05, 0) is 19.8 Å². The minimum absolute atomic E-state index is 0.0316. The fraction of sp³-hybridized carbons (Fsp3) is 0.615. The van der Waals surface area contributed by atoms with E-state index in [0.717, 1.165) is 30.0 Å². The number of hydrogen-bond acceptors (Lipinski definition) is 5. The highest BCUT2D eigenvalue weighted by Gasteiger charge is 2.24. The lowest BCUT2D eigenvalue weighted by Gasteiger charge is -2.15. The molecule has 0 spiro atoms. The van der Waals surface area contributed by atoms with E-state index in [1.165, 1.54) is 11.3 Å². The average Bonchev–Trinajstić information content (AvgIpc) is 2.95. The van der Waals surface area contributed by atoms with E-state index in [9.17, 15) is 9.59 Å². The van der Waals surface area contributed by atoms with Crippen molar-refractivity contribution >= 4 is 28.4 Å². The van der Waals surface area contributed by atoms with Gasteiger partial charge in [-0.25, -0.2) is 9.78 Å². The van der Waals surface area contributed by atoms with E-state index in [1.54, 1.807) is 0 Å². The third-order valence-corrected chi connectivity index (χ3v) is 4.39. The summed E-state index contributed by atoms with van der Waals surface area (Å²) in [5.41, 5.74) is 6.13. The second kappa shape index (κ2) is 6.86. The van der Waals surface area contributed by atoms with Crippen LogP contribution in [0, 0.1) is 6.92 Å². The third kappa shape index (κ3) is 4.40. The van der Waals surface area contributed by atoms with Gasteiger partial charge in [0.05, 0.1) is 12.2 Å². The van der Waals surface area contributed by atoms with Crippen LogP contribution < -0.4 is 16.4 Å². The van der Waals surface area contributed by atoms with E-state index in [4.69, 9.17) is 5.73 Å². The van der Waals surface area contributed by atoms with E-state index < -0.39 is 6.03 Å². The van der Waals surface area contributed by atoms with E-state index in [2.05, 4.69) is 15.6 Å². The quantitative estimate of drug-likeness (QED) is 0.745. The van der Waals surface area contributed by atoms with Crippen molar-refractivity contribution in [3.05, 3.63) is 10.6 Å². The Labute approximate surface area is 127 Å². The van der Waals surface area contributed by atoms with Gasteiger partial charge in [0.2, 0.25) is 5.91 Å². The molecule has 7 nitrogen and oxygen atoms in total. The van der Waals surface area contributed by atoms with Gasteiger partial charge in [-0.15, -0.1) is 11.3 Å². The smallest absolute Gasteiger partial charge is 0.312 e. The molecule has 1 fully saturated rings. The van der Waals surface area contributed by atoms with Gasteiger partial charge in [-0.2, -0.15) is 0 Å². The topological polar surface area (TPSA) is 100 Å². The number of nitrogens with two attached hydrogens (primary N) is 1. The molecule has 0 saturated carbocycles. The molecule has 1 saturated heterocycles. The number of carbonyl (C=O) groups is 2. The van der Waals surface area contributed by atoms with Crippen LogP contribution in [-0.2, 0) is 11.2 Å². The van der Waals surface area contributed by atoms with Crippen LogP contribution in [0.25, 0.3) is 0 Å². The zero-order chi connectivity index (χ0) is 15.4. The Morgan fingerprint density at radius 2 is 2.29 bits per heavy atom. The predicted octanol–water partition coefficient (Wildman–Crippen LogP) is 0.695. The highest BCUT2D eigenvalue weighted by atomic mass is 32.1. The number of nitrogens with zero attached hydrogens (tertiary/aromatic N) is 2. The van der Waals surface area contributed by atoms with Gasteiger partial charge in [0.25, 0.3) is 0 Å². The second-order valence-electron chi connectivity index (χ2n) is 5.15. The molecule has 3 amide bonds. The number of urea groups is 1. The molecule has 0 unspecified atom stereocenters. The molecule has 1 aromatic rings. The van der Waals surface area contributed by atoms with Crippen molar-refractivity contribution in [2.45, 2.75) is 32.7 Å². The summed E-state index contributed by atoms with van der Waals surface area (Å²) in [5.74, 6) is -0.0777. The highest BCUT2D eigenvalue weighted by Crippen LogP contribution is 2.22. The number of primary amides is 1. The Morgan fingerprint density at radius 3 is 2.90 bits per heavy atom. The first kappa shape index (κ1) is 15.7. The number of rotatable bonds is 5. The largest absolute Gasteiger partial charge is 0.352 e. The van der Waals surface area contributed by atoms with Crippen LogP contribution in [0.2, 0.25) is 0 Å². The van der Waals surface area contributed by atoms with Gasteiger partial charge >= 0.3 is 6.03 Å². The molecule has 1 aromatic heterocycles. The molecule has 1 aliphatic heterocycles. The minimum atomic E-state index is -0.517. The third-order valence-electron chi connectivity index (χ3n) is 3.46.